The third kappa shape index (κ3) is 2.06. The number of aromatic nitrogens is 1. The van der Waals surface area contributed by atoms with Gasteiger partial charge < -0.3 is 4.42 Å². The maximum Gasteiger partial charge on any atom is 0.202 e. The van der Waals surface area contributed by atoms with Gasteiger partial charge in [-0.3, -0.25) is 4.79 Å². The molecule has 0 N–H and O–H groups in total. The zero-order chi connectivity index (χ0) is 10.8. The van der Waals surface area contributed by atoms with Crippen molar-refractivity contribution in [3.8, 4) is 0 Å². The van der Waals surface area contributed by atoms with Gasteiger partial charge in [-0.25, -0.2) is 4.98 Å². The van der Waals surface area contributed by atoms with Gasteiger partial charge in [0.2, 0.25) is 5.89 Å². The number of aryl methyl sites for hydroxylation is 1. The van der Waals surface area contributed by atoms with Crippen molar-refractivity contribution in [1.29, 1.82) is 0 Å². The molecule has 0 atom stereocenters. The summed E-state index contributed by atoms with van der Waals surface area (Å²) in [5.41, 5.74) is 2.72. The summed E-state index contributed by atoms with van der Waals surface area (Å²) < 4.78 is 5.46. The zero-order valence-corrected chi connectivity index (χ0v) is 8.91. The molecule has 3 heteroatoms. The second-order valence-corrected chi connectivity index (χ2v) is 3.65. The van der Waals surface area contributed by atoms with Gasteiger partial charge >= 0.3 is 0 Å². The number of hydrogen-bond donors (Lipinski definition) is 0. The van der Waals surface area contributed by atoms with Crippen molar-refractivity contribution in [3.05, 3.63) is 29.7 Å². The number of fused-ring (bicyclic) bond motifs is 1. The van der Waals surface area contributed by atoms with Crippen LogP contribution in [-0.2, 0) is 11.2 Å². The summed E-state index contributed by atoms with van der Waals surface area (Å²) in [4.78, 5) is 15.5. The maximum absolute atomic E-state index is 11.2. The maximum atomic E-state index is 11.2. The lowest BCUT2D eigenvalue weighted by Gasteiger charge is -1.89. The Bertz CT molecular complexity index is 499. The number of carbonyl (C=O) groups excluding carboxylic acids is 1. The van der Waals surface area contributed by atoms with Crippen molar-refractivity contribution in [2.45, 2.75) is 26.7 Å². The molecule has 0 amide bonds. The smallest absolute Gasteiger partial charge is 0.202 e. The van der Waals surface area contributed by atoms with E-state index in [9.17, 15) is 4.79 Å². The van der Waals surface area contributed by atoms with E-state index in [2.05, 4.69) is 4.98 Å². The van der Waals surface area contributed by atoms with Gasteiger partial charge in [0.05, 0.1) is 6.42 Å². The van der Waals surface area contributed by atoms with E-state index in [4.69, 9.17) is 4.42 Å². The first-order chi connectivity index (χ1) is 7.19. The summed E-state index contributed by atoms with van der Waals surface area (Å²) in [7, 11) is 0. The molecule has 0 bridgehead atoms. The van der Waals surface area contributed by atoms with Gasteiger partial charge in [0.15, 0.2) is 5.58 Å². The molecule has 15 heavy (non-hydrogen) atoms. The summed E-state index contributed by atoms with van der Waals surface area (Å²) in [6, 6.07) is 5.81. The molecule has 2 aromatic rings. The molecule has 1 aromatic carbocycles. The number of hydrogen-bond acceptors (Lipinski definition) is 3. The topological polar surface area (TPSA) is 43.1 Å². The number of Topliss-reactive ketones (excluding diaryl/α,β-unsaturated/α-hetero) is 1. The largest absolute Gasteiger partial charge is 0.440 e. The van der Waals surface area contributed by atoms with E-state index in [1.165, 1.54) is 0 Å². The van der Waals surface area contributed by atoms with Crippen LogP contribution in [0.1, 0.15) is 24.8 Å². The van der Waals surface area contributed by atoms with Crippen molar-refractivity contribution < 1.29 is 9.21 Å². The van der Waals surface area contributed by atoms with Crippen LogP contribution >= 0.6 is 0 Å². The average Bonchev–Trinajstić information content (AvgIpc) is 2.59. The Kier molecular flexibility index (Phi) is 2.54. The molecule has 0 saturated carbocycles. The highest BCUT2D eigenvalue weighted by molar-refractivity contribution is 5.81. The molecule has 1 heterocycles. The summed E-state index contributed by atoms with van der Waals surface area (Å²) in [6.07, 6.45) is 0.821. The zero-order valence-electron chi connectivity index (χ0n) is 8.91. The van der Waals surface area contributed by atoms with Crippen molar-refractivity contribution in [2.75, 3.05) is 0 Å². The molecule has 0 fully saturated rings. The van der Waals surface area contributed by atoms with Crippen LogP contribution in [0.15, 0.2) is 22.6 Å². The second-order valence-electron chi connectivity index (χ2n) is 3.65. The molecule has 0 spiro atoms. The first-order valence-corrected chi connectivity index (χ1v) is 5.07. The Balaban J connectivity index is 2.34. The summed E-state index contributed by atoms with van der Waals surface area (Å²) in [5, 5.41) is 0. The molecule has 2 rings (SSSR count). The van der Waals surface area contributed by atoms with E-state index in [1.807, 2.05) is 32.0 Å². The summed E-state index contributed by atoms with van der Waals surface area (Å²) in [6.45, 7) is 3.85. The van der Waals surface area contributed by atoms with E-state index < -0.39 is 0 Å². The molecular weight excluding hydrogens is 190 g/mol. The fourth-order valence-corrected chi connectivity index (χ4v) is 1.45. The molecule has 0 aliphatic heterocycles. The molecule has 0 aliphatic rings. The van der Waals surface area contributed by atoms with Gasteiger partial charge in [0.25, 0.3) is 0 Å². The highest BCUT2D eigenvalue weighted by Crippen LogP contribution is 2.17. The first kappa shape index (κ1) is 9.90. The Labute approximate surface area is 88.1 Å². The van der Waals surface area contributed by atoms with Gasteiger partial charge in [-0.15, -0.1) is 0 Å². The van der Waals surface area contributed by atoms with Gasteiger partial charge in [0.1, 0.15) is 11.3 Å². The van der Waals surface area contributed by atoms with Crippen molar-refractivity contribution in [3.63, 3.8) is 0 Å². The average molecular weight is 203 g/mol. The minimum atomic E-state index is 0.151. The minimum absolute atomic E-state index is 0.151. The van der Waals surface area contributed by atoms with Crippen molar-refractivity contribution >= 4 is 16.9 Å². The lowest BCUT2D eigenvalue weighted by molar-refractivity contribution is -0.118. The van der Waals surface area contributed by atoms with E-state index in [0.29, 0.717) is 18.7 Å². The number of benzene rings is 1. The van der Waals surface area contributed by atoms with Crippen LogP contribution in [-0.4, -0.2) is 10.8 Å². The highest BCUT2D eigenvalue weighted by Gasteiger charge is 2.08. The van der Waals surface area contributed by atoms with Crippen LogP contribution in [0.4, 0.5) is 0 Å². The lowest BCUT2D eigenvalue weighted by atomic mass is 10.2. The van der Waals surface area contributed by atoms with Gasteiger partial charge in [-0.1, -0.05) is 13.0 Å². The van der Waals surface area contributed by atoms with Crippen LogP contribution in [0, 0.1) is 6.92 Å². The van der Waals surface area contributed by atoms with E-state index in [0.717, 1.165) is 16.7 Å². The van der Waals surface area contributed by atoms with Crippen LogP contribution in [0.3, 0.4) is 0 Å². The normalized spacial score (nSPS) is 10.8. The quantitative estimate of drug-likeness (QED) is 0.770. The molecular formula is C12H13NO2. The molecule has 0 radical (unpaired) electrons. The van der Waals surface area contributed by atoms with Crippen LogP contribution in [0.25, 0.3) is 11.1 Å². The monoisotopic (exact) mass is 203 g/mol. The first-order valence-electron chi connectivity index (χ1n) is 5.07. The van der Waals surface area contributed by atoms with Gasteiger partial charge in [-0.2, -0.15) is 0 Å². The highest BCUT2D eigenvalue weighted by atomic mass is 16.3. The van der Waals surface area contributed by atoms with Crippen LogP contribution < -0.4 is 0 Å². The Hall–Kier alpha value is -1.64. The standard InChI is InChI=1S/C12H13NO2/c1-3-9(14)7-12-13-10-6-8(2)4-5-11(10)15-12/h4-6H,3,7H2,1-2H3. The van der Waals surface area contributed by atoms with Gasteiger partial charge in [0, 0.05) is 6.42 Å². The van der Waals surface area contributed by atoms with Crippen LogP contribution in [0.2, 0.25) is 0 Å². The van der Waals surface area contributed by atoms with Crippen LogP contribution in [0.5, 0.6) is 0 Å². The fraction of sp³-hybridized carbons (Fsp3) is 0.333. The van der Waals surface area contributed by atoms with E-state index in [1.54, 1.807) is 0 Å². The molecule has 0 aliphatic carbocycles. The number of ketones is 1. The minimum Gasteiger partial charge on any atom is -0.440 e. The lowest BCUT2D eigenvalue weighted by Crippen LogP contribution is -1.99. The van der Waals surface area contributed by atoms with Crippen molar-refractivity contribution in [2.24, 2.45) is 0 Å². The Morgan fingerprint density at radius 3 is 3.00 bits per heavy atom. The Morgan fingerprint density at radius 2 is 2.27 bits per heavy atom. The second kappa shape index (κ2) is 3.85. The number of nitrogens with zero attached hydrogens (tertiary/aromatic N) is 1. The third-order valence-electron chi connectivity index (χ3n) is 2.33. The summed E-state index contributed by atoms with van der Waals surface area (Å²) in [5.74, 6) is 0.667. The Morgan fingerprint density at radius 1 is 1.47 bits per heavy atom. The predicted molar refractivity (Wildman–Crippen MR) is 57.7 cm³/mol. The molecule has 0 saturated heterocycles. The molecule has 0 unspecified atom stereocenters. The number of oxazole rings is 1. The predicted octanol–water partition coefficient (Wildman–Crippen LogP) is 2.66. The number of rotatable bonds is 3. The van der Waals surface area contributed by atoms with Gasteiger partial charge in [-0.05, 0) is 24.6 Å². The fourth-order valence-electron chi connectivity index (χ4n) is 1.45. The third-order valence-corrected chi connectivity index (χ3v) is 2.33. The van der Waals surface area contributed by atoms with Crippen molar-refractivity contribution in [1.82, 2.24) is 4.98 Å². The van der Waals surface area contributed by atoms with E-state index >= 15 is 0 Å². The molecule has 78 valence electrons. The summed E-state index contributed by atoms with van der Waals surface area (Å²) >= 11 is 0. The molecule has 1 aromatic heterocycles. The van der Waals surface area contributed by atoms with E-state index in [-0.39, 0.29) is 5.78 Å². The molecule has 3 nitrogen and oxygen atoms in total. The SMILES string of the molecule is CCC(=O)Cc1nc2cc(C)ccc2o1. The number of carbonyl (C=O) groups is 1.